The molecule has 0 aliphatic rings. The minimum Gasteiger partial charge on any atom is -0.481 e. The highest BCUT2D eigenvalue weighted by atomic mass is 16.5. The molecule has 0 fully saturated rings. The molecule has 4 N–H and O–H groups in total. The lowest BCUT2D eigenvalue weighted by molar-refractivity contribution is -0.137. The molecule has 0 aliphatic carbocycles. The summed E-state index contributed by atoms with van der Waals surface area (Å²) in [7, 11) is 0. The third-order valence-corrected chi connectivity index (χ3v) is 2.69. The third kappa shape index (κ3) is 7.56. The van der Waals surface area contributed by atoms with E-state index < -0.39 is 24.0 Å². The van der Waals surface area contributed by atoms with Crippen LogP contribution in [0.2, 0.25) is 0 Å². The van der Waals surface area contributed by atoms with Crippen molar-refractivity contribution in [3.8, 4) is 0 Å². The molecule has 0 bridgehead atoms. The first-order valence-corrected chi connectivity index (χ1v) is 6.44. The highest BCUT2D eigenvalue weighted by Gasteiger charge is 2.17. The van der Waals surface area contributed by atoms with E-state index in [1.807, 2.05) is 18.2 Å². The number of carboxylic acids is 1. The molecule has 1 atom stereocenters. The predicted octanol–water partition coefficient (Wildman–Crippen LogP) is 1.02. The molecule has 0 saturated heterocycles. The van der Waals surface area contributed by atoms with Crippen molar-refractivity contribution < 1.29 is 24.2 Å². The number of carboxylic acid groups (broad SMARTS) is 1. The van der Waals surface area contributed by atoms with Crippen molar-refractivity contribution in [2.24, 2.45) is 5.73 Å². The molecule has 21 heavy (non-hydrogen) atoms. The maximum absolute atomic E-state index is 11.6. The molecule has 0 radical (unpaired) electrons. The molecule has 1 aromatic carbocycles. The highest BCUT2D eigenvalue weighted by Crippen LogP contribution is 2.04. The number of hydrogen-bond donors (Lipinski definition) is 3. The van der Waals surface area contributed by atoms with E-state index in [1.54, 1.807) is 12.1 Å². The van der Waals surface area contributed by atoms with Gasteiger partial charge >= 0.3 is 12.1 Å². The number of alkyl carbamates (subject to hydrolysis) is 1. The summed E-state index contributed by atoms with van der Waals surface area (Å²) in [5.74, 6) is -1.63. The summed E-state index contributed by atoms with van der Waals surface area (Å²) < 4.78 is 4.99. The van der Waals surface area contributed by atoms with Gasteiger partial charge in [0.15, 0.2) is 0 Å². The van der Waals surface area contributed by atoms with Crippen molar-refractivity contribution in [1.82, 2.24) is 5.32 Å². The number of carbonyl (C=O) groups is 3. The molecule has 0 unspecified atom stereocenters. The lowest BCUT2D eigenvalue weighted by Gasteiger charge is -2.16. The van der Waals surface area contributed by atoms with Crippen LogP contribution in [-0.2, 0) is 20.9 Å². The average Bonchev–Trinajstić information content (AvgIpc) is 2.43. The number of nitrogens with one attached hydrogen (secondary N) is 1. The van der Waals surface area contributed by atoms with Crippen molar-refractivity contribution in [3.63, 3.8) is 0 Å². The lowest BCUT2D eigenvalue weighted by atomic mass is 10.1. The maximum atomic E-state index is 11.6. The summed E-state index contributed by atoms with van der Waals surface area (Å²) >= 11 is 0. The minimum absolute atomic E-state index is 0.00306. The first kappa shape index (κ1) is 16.5. The van der Waals surface area contributed by atoms with Gasteiger partial charge in [0.2, 0.25) is 5.91 Å². The Kier molecular flexibility index (Phi) is 6.73. The number of rotatable bonds is 8. The van der Waals surface area contributed by atoms with Crippen LogP contribution in [0, 0.1) is 0 Å². The molecule has 2 amide bonds. The summed E-state index contributed by atoms with van der Waals surface area (Å²) in [5.41, 5.74) is 5.83. The molecule has 114 valence electrons. The van der Waals surface area contributed by atoms with Crippen LogP contribution in [0.3, 0.4) is 0 Å². The molecule has 0 heterocycles. The SMILES string of the molecule is NC(=O)CC[C@H](CC(=O)O)NC(=O)OCc1ccccc1. The van der Waals surface area contributed by atoms with Crippen LogP contribution in [0.4, 0.5) is 4.79 Å². The first-order valence-electron chi connectivity index (χ1n) is 6.44. The van der Waals surface area contributed by atoms with Crippen molar-refractivity contribution in [2.75, 3.05) is 0 Å². The lowest BCUT2D eigenvalue weighted by Crippen LogP contribution is -2.37. The van der Waals surface area contributed by atoms with Crippen molar-refractivity contribution in [1.29, 1.82) is 0 Å². The summed E-state index contributed by atoms with van der Waals surface area (Å²) in [6.45, 7) is 0.0856. The molecule has 1 aromatic rings. The minimum atomic E-state index is -1.08. The van der Waals surface area contributed by atoms with Crippen molar-refractivity contribution in [2.45, 2.75) is 31.9 Å². The number of primary amides is 1. The zero-order valence-corrected chi connectivity index (χ0v) is 11.5. The normalized spacial score (nSPS) is 11.4. The van der Waals surface area contributed by atoms with E-state index in [-0.39, 0.29) is 25.9 Å². The zero-order chi connectivity index (χ0) is 15.7. The Hall–Kier alpha value is -2.57. The Morgan fingerprint density at radius 2 is 1.90 bits per heavy atom. The third-order valence-electron chi connectivity index (χ3n) is 2.69. The molecule has 0 aromatic heterocycles. The summed E-state index contributed by atoms with van der Waals surface area (Å²) in [5, 5.41) is 11.2. The van der Waals surface area contributed by atoms with Gasteiger partial charge in [0.25, 0.3) is 0 Å². The van der Waals surface area contributed by atoms with Gasteiger partial charge in [-0.15, -0.1) is 0 Å². The Labute approximate surface area is 122 Å². The van der Waals surface area contributed by atoms with E-state index in [2.05, 4.69) is 5.32 Å². The second-order valence-corrected chi connectivity index (χ2v) is 4.51. The summed E-state index contributed by atoms with van der Waals surface area (Å²) in [6, 6.07) is 8.38. The quantitative estimate of drug-likeness (QED) is 0.661. The molecular formula is C14H18N2O5. The van der Waals surface area contributed by atoms with Gasteiger partial charge in [0, 0.05) is 12.5 Å². The van der Waals surface area contributed by atoms with Gasteiger partial charge in [0.1, 0.15) is 6.61 Å². The van der Waals surface area contributed by atoms with E-state index in [9.17, 15) is 14.4 Å². The van der Waals surface area contributed by atoms with E-state index >= 15 is 0 Å². The topological polar surface area (TPSA) is 119 Å². The van der Waals surface area contributed by atoms with Gasteiger partial charge in [-0.3, -0.25) is 9.59 Å². The first-order chi connectivity index (χ1) is 9.97. The van der Waals surface area contributed by atoms with E-state index in [0.29, 0.717) is 0 Å². The number of benzene rings is 1. The predicted molar refractivity (Wildman–Crippen MR) is 74.2 cm³/mol. The van der Waals surface area contributed by atoms with Crippen LogP contribution in [-0.4, -0.2) is 29.1 Å². The van der Waals surface area contributed by atoms with Crippen LogP contribution < -0.4 is 11.1 Å². The number of amides is 2. The Bertz CT molecular complexity index is 489. The van der Waals surface area contributed by atoms with Crippen molar-refractivity contribution in [3.05, 3.63) is 35.9 Å². The Morgan fingerprint density at radius 1 is 1.24 bits per heavy atom. The van der Waals surface area contributed by atoms with Crippen LogP contribution in [0.1, 0.15) is 24.8 Å². The zero-order valence-electron chi connectivity index (χ0n) is 11.5. The van der Waals surface area contributed by atoms with E-state index in [0.717, 1.165) is 5.56 Å². The molecule has 0 saturated carbocycles. The molecule has 7 nitrogen and oxygen atoms in total. The van der Waals surface area contributed by atoms with Gasteiger partial charge in [-0.1, -0.05) is 30.3 Å². The smallest absolute Gasteiger partial charge is 0.407 e. The fourth-order valence-electron chi connectivity index (χ4n) is 1.68. The summed E-state index contributed by atoms with van der Waals surface area (Å²) in [6.07, 6.45) is -0.873. The largest absolute Gasteiger partial charge is 0.481 e. The Morgan fingerprint density at radius 3 is 2.48 bits per heavy atom. The van der Waals surface area contributed by atoms with Gasteiger partial charge in [0.05, 0.1) is 6.42 Å². The molecule has 0 aliphatic heterocycles. The van der Waals surface area contributed by atoms with E-state index in [4.69, 9.17) is 15.6 Å². The molecule has 0 spiro atoms. The number of aliphatic carboxylic acids is 1. The summed E-state index contributed by atoms with van der Waals surface area (Å²) in [4.78, 5) is 33.0. The number of hydrogen-bond acceptors (Lipinski definition) is 4. The van der Waals surface area contributed by atoms with Gasteiger partial charge in [-0.2, -0.15) is 0 Å². The molecule has 1 rings (SSSR count). The number of carbonyl (C=O) groups excluding carboxylic acids is 2. The standard InChI is InChI=1S/C14H18N2O5/c15-12(17)7-6-11(8-13(18)19)16-14(20)21-9-10-4-2-1-3-5-10/h1-5,11H,6-9H2,(H2,15,17)(H,16,20)(H,18,19)/t11-/m1/s1. The molecular weight excluding hydrogens is 276 g/mol. The molecule has 7 heteroatoms. The van der Waals surface area contributed by atoms with Crippen molar-refractivity contribution >= 4 is 18.0 Å². The van der Waals surface area contributed by atoms with Crippen LogP contribution in [0.15, 0.2) is 30.3 Å². The fraction of sp³-hybridized carbons (Fsp3) is 0.357. The second kappa shape index (κ2) is 8.57. The fourth-order valence-corrected chi connectivity index (χ4v) is 1.68. The number of nitrogens with two attached hydrogens (primary N) is 1. The maximum Gasteiger partial charge on any atom is 0.407 e. The van der Waals surface area contributed by atoms with Crippen LogP contribution in [0.25, 0.3) is 0 Å². The Balaban J connectivity index is 2.43. The van der Waals surface area contributed by atoms with Crippen LogP contribution in [0.5, 0.6) is 0 Å². The van der Waals surface area contributed by atoms with Gasteiger partial charge in [-0.25, -0.2) is 4.79 Å². The van der Waals surface area contributed by atoms with E-state index in [1.165, 1.54) is 0 Å². The highest BCUT2D eigenvalue weighted by molar-refractivity contribution is 5.74. The average molecular weight is 294 g/mol. The second-order valence-electron chi connectivity index (χ2n) is 4.51. The van der Waals surface area contributed by atoms with Crippen LogP contribution >= 0.6 is 0 Å². The number of ether oxygens (including phenoxy) is 1. The van der Waals surface area contributed by atoms with Gasteiger partial charge < -0.3 is 20.9 Å². The van der Waals surface area contributed by atoms with Gasteiger partial charge in [-0.05, 0) is 12.0 Å². The monoisotopic (exact) mass is 294 g/mol.